The molecule has 0 radical (unpaired) electrons. The summed E-state index contributed by atoms with van der Waals surface area (Å²) in [6, 6.07) is 5.62. The van der Waals surface area contributed by atoms with Gasteiger partial charge in [0.2, 0.25) is 0 Å². The molecule has 0 aromatic heterocycles. The van der Waals surface area contributed by atoms with Gasteiger partial charge in [-0.15, -0.1) is 0 Å². The van der Waals surface area contributed by atoms with Gasteiger partial charge in [-0.1, -0.05) is 18.2 Å². The van der Waals surface area contributed by atoms with Crippen molar-refractivity contribution in [2.45, 2.75) is 12.5 Å². The average molecular weight is 253 g/mol. The molecule has 0 bridgehead atoms. The van der Waals surface area contributed by atoms with Crippen LogP contribution in [0.2, 0.25) is 0 Å². The largest absolute Gasteiger partial charge is 0.480 e. The van der Waals surface area contributed by atoms with Crippen molar-refractivity contribution >= 4 is 5.97 Å². The Morgan fingerprint density at radius 2 is 2.06 bits per heavy atom. The minimum atomic E-state index is -0.917. The third-order valence-electron chi connectivity index (χ3n) is 3.14. The Kier molecular flexibility index (Phi) is 4.28. The molecule has 1 aliphatic rings. The minimum absolute atomic E-state index is 0.183. The van der Waals surface area contributed by atoms with E-state index in [9.17, 15) is 14.3 Å². The molecule has 1 fully saturated rings. The number of hydrogen-bond acceptors (Lipinski definition) is 3. The highest BCUT2D eigenvalue weighted by atomic mass is 19.1. The van der Waals surface area contributed by atoms with Crippen molar-refractivity contribution in [1.82, 2.24) is 4.90 Å². The molecule has 0 spiro atoms. The first-order valence-electron chi connectivity index (χ1n) is 5.96. The summed E-state index contributed by atoms with van der Waals surface area (Å²) in [4.78, 5) is 13.1. The fraction of sp³-hybridized carbons (Fsp3) is 0.462. The first-order valence-corrected chi connectivity index (χ1v) is 5.96. The SMILES string of the molecule is O=C(O)C(Cc1ccccc1F)N1CCOCC1. The summed E-state index contributed by atoms with van der Waals surface area (Å²) in [5, 5.41) is 9.27. The van der Waals surface area contributed by atoms with Crippen LogP contribution in [0.5, 0.6) is 0 Å². The monoisotopic (exact) mass is 253 g/mol. The molecule has 5 heteroatoms. The maximum Gasteiger partial charge on any atom is 0.321 e. The van der Waals surface area contributed by atoms with Crippen LogP contribution in [0.1, 0.15) is 5.56 Å². The van der Waals surface area contributed by atoms with E-state index in [1.54, 1.807) is 18.2 Å². The van der Waals surface area contributed by atoms with Crippen molar-refractivity contribution in [1.29, 1.82) is 0 Å². The number of hydrogen-bond donors (Lipinski definition) is 1. The molecule has 1 unspecified atom stereocenters. The summed E-state index contributed by atoms with van der Waals surface area (Å²) in [7, 11) is 0. The predicted molar refractivity (Wildman–Crippen MR) is 63.9 cm³/mol. The molecule has 0 aliphatic carbocycles. The van der Waals surface area contributed by atoms with E-state index in [1.807, 2.05) is 4.90 Å². The minimum Gasteiger partial charge on any atom is -0.480 e. The van der Waals surface area contributed by atoms with Crippen molar-refractivity contribution in [3.05, 3.63) is 35.6 Å². The predicted octanol–water partition coefficient (Wildman–Crippen LogP) is 1.15. The number of halogens is 1. The van der Waals surface area contributed by atoms with Crippen LogP contribution in [0.15, 0.2) is 24.3 Å². The molecule has 98 valence electrons. The third-order valence-corrected chi connectivity index (χ3v) is 3.14. The van der Waals surface area contributed by atoms with Gasteiger partial charge in [0, 0.05) is 19.5 Å². The first kappa shape index (κ1) is 13.0. The van der Waals surface area contributed by atoms with Gasteiger partial charge in [-0.2, -0.15) is 0 Å². The first-order chi connectivity index (χ1) is 8.68. The van der Waals surface area contributed by atoms with E-state index < -0.39 is 12.0 Å². The zero-order valence-corrected chi connectivity index (χ0v) is 10.0. The fourth-order valence-corrected chi connectivity index (χ4v) is 2.13. The summed E-state index contributed by atoms with van der Waals surface area (Å²) < 4.78 is 18.7. The van der Waals surface area contributed by atoms with Gasteiger partial charge in [-0.3, -0.25) is 9.69 Å². The van der Waals surface area contributed by atoms with Gasteiger partial charge in [0.15, 0.2) is 0 Å². The molecule has 0 saturated carbocycles. The maximum atomic E-state index is 13.5. The number of aliphatic carboxylic acids is 1. The second kappa shape index (κ2) is 5.93. The zero-order valence-electron chi connectivity index (χ0n) is 10.0. The van der Waals surface area contributed by atoms with Gasteiger partial charge in [0.1, 0.15) is 11.9 Å². The van der Waals surface area contributed by atoms with Gasteiger partial charge in [0.25, 0.3) is 0 Å². The average Bonchev–Trinajstić information content (AvgIpc) is 2.38. The van der Waals surface area contributed by atoms with E-state index >= 15 is 0 Å². The van der Waals surface area contributed by atoms with E-state index in [-0.39, 0.29) is 12.2 Å². The smallest absolute Gasteiger partial charge is 0.321 e. The van der Waals surface area contributed by atoms with Gasteiger partial charge in [0.05, 0.1) is 13.2 Å². The highest BCUT2D eigenvalue weighted by molar-refractivity contribution is 5.74. The Bertz CT molecular complexity index is 418. The highest BCUT2D eigenvalue weighted by Gasteiger charge is 2.27. The van der Waals surface area contributed by atoms with Gasteiger partial charge in [-0.25, -0.2) is 4.39 Å². The summed E-state index contributed by atoms with van der Waals surface area (Å²) in [6.07, 6.45) is 0.183. The number of nitrogens with zero attached hydrogens (tertiary/aromatic N) is 1. The lowest BCUT2D eigenvalue weighted by Gasteiger charge is -2.32. The van der Waals surface area contributed by atoms with Crippen LogP contribution in [0.25, 0.3) is 0 Å². The molecule has 2 rings (SSSR count). The molecule has 1 aromatic carbocycles. The van der Waals surface area contributed by atoms with E-state index in [1.165, 1.54) is 6.07 Å². The van der Waals surface area contributed by atoms with Crippen LogP contribution in [-0.4, -0.2) is 48.3 Å². The van der Waals surface area contributed by atoms with Crippen molar-refractivity contribution in [3.8, 4) is 0 Å². The molecule has 1 heterocycles. The second-order valence-corrected chi connectivity index (χ2v) is 4.30. The van der Waals surface area contributed by atoms with Crippen LogP contribution in [0.4, 0.5) is 4.39 Å². The van der Waals surface area contributed by atoms with Crippen LogP contribution in [-0.2, 0) is 16.0 Å². The number of benzene rings is 1. The van der Waals surface area contributed by atoms with Crippen LogP contribution in [0, 0.1) is 5.82 Å². The maximum absolute atomic E-state index is 13.5. The molecule has 0 amide bonds. The number of carbonyl (C=O) groups is 1. The molecular formula is C13H16FNO3. The summed E-state index contributed by atoms with van der Waals surface area (Å²) in [6.45, 7) is 2.21. The van der Waals surface area contributed by atoms with Gasteiger partial charge in [-0.05, 0) is 11.6 Å². The highest BCUT2D eigenvalue weighted by Crippen LogP contribution is 2.14. The van der Waals surface area contributed by atoms with E-state index in [0.29, 0.717) is 31.9 Å². The van der Waals surface area contributed by atoms with Crippen LogP contribution >= 0.6 is 0 Å². The Balaban J connectivity index is 2.11. The molecule has 1 aliphatic heterocycles. The molecule has 1 aromatic rings. The van der Waals surface area contributed by atoms with E-state index in [4.69, 9.17) is 4.74 Å². The Morgan fingerprint density at radius 1 is 1.39 bits per heavy atom. The van der Waals surface area contributed by atoms with Crippen molar-refractivity contribution in [2.24, 2.45) is 0 Å². The summed E-state index contributed by atoms with van der Waals surface area (Å²) >= 11 is 0. The second-order valence-electron chi connectivity index (χ2n) is 4.30. The van der Waals surface area contributed by atoms with Gasteiger partial charge < -0.3 is 9.84 Å². The van der Waals surface area contributed by atoms with Crippen molar-refractivity contribution < 1.29 is 19.0 Å². The van der Waals surface area contributed by atoms with Crippen LogP contribution < -0.4 is 0 Å². The number of carboxylic acids is 1. The molecule has 1 N–H and O–H groups in total. The molecular weight excluding hydrogens is 237 g/mol. The normalized spacial score (nSPS) is 18.5. The topological polar surface area (TPSA) is 49.8 Å². The fourth-order valence-electron chi connectivity index (χ4n) is 2.13. The third kappa shape index (κ3) is 3.05. The molecule has 4 nitrogen and oxygen atoms in total. The summed E-state index contributed by atoms with van der Waals surface area (Å²) in [5.41, 5.74) is 0.441. The summed E-state index contributed by atoms with van der Waals surface area (Å²) in [5.74, 6) is -1.27. The lowest BCUT2D eigenvalue weighted by molar-refractivity contribution is -0.145. The Labute approximate surface area is 105 Å². The van der Waals surface area contributed by atoms with Crippen LogP contribution in [0.3, 0.4) is 0 Å². The standard InChI is InChI=1S/C13H16FNO3/c14-11-4-2-1-3-10(11)9-12(13(16)17)15-5-7-18-8-6-15/h1-4,12H,5-9H2,(H,16,17). The quantitative estimate of drug-likeness (QED) is 0.874. The van der Waals surface area contributed by atoms with E-state index in [0.717, 1.165) is 0 Å². The number of rotatable bonds is 4. The number of morpholine rings is 1. The Morgan fingerprint density at radius 3 is 2.67 bits per heavy atom. The number of ether oxygens (including phenoxy) is 1. The molecule has 1 atom stereocenters. The zero-order chi connectivity index (χ0) is 13.0. The van der Waals surface area contributed by atoms with Gasteiger partial charge >= 0.3 is 5.97 Å². The van der Waals surface area contributed by atoms with E-state index in [2.05, 4.69) is 0 Å². The number of carboxylic acid groups (broad SMARTS) is 1. The van der Waals surface area contributed by atoms with Crippen molar-refractivity contribution in [2.75, 3.05) is 26.3 Å². The Hall–Kier alpha value is -1.46. The molecule has 1 saturated heterocycles. The molecule has 18 heavy (non-hydrogen) atoms. The lowest BCUT2D eigenvalue weighted by Crippen LogP contribution is -2.48. The van der Waals surface area contributed by atoms with Crippen molar-refractivity contribution in [3.63, 3.8) is 0 Å². The lowest BCUT2D eigenvalue weighted by atomic mass is 10.0.